The predicted octanol–water partition coefficient (Wildman–Crippen LogP) is 3.20. The smallest absolute Gasteiger partial charge is 0.174 e. The van der Waals surface area contributed by atoms with Crippen molar-refractivity contribution in [3.05, 3.63) is 24.3 Å². The van der Waals surface area contributed by atoms with Crippen LogP contribution in [0.5, 0.6) is 5.75 Å². The van der Waals surface area contributed by atoms with E-state index in [1.807, 2.05) is 30.3 Å². The van der Waals surface area contributed by atoms with Gasteiger partial charge in [-0.05, 0) is 43.0 Å². The van der Waals surface area contributed by atoms with Crippen LogP contribution in [-0.2, 0) is 4.74 Å². The van der Waals surface area contributed by atoms with Crippen LogP contribution in [0.1, 0.15) is 26.7 Å². The van der Waals surface area contributed by atoms with E-state index in [9.17, 15) is 0 Å². The van der Waals surface area contributed by atoms with E-state index >= 15 is 0 Å². The summed E-state index contributed by atoms with van der Waals surface area (Å²) in [5, 5.41) is 12.0. The van der Waals surface area contributed by atoms with Crippen LogP contribution in [-0.4, -0.2) is 25.4 Å². The fourth-order valence-electron chi connectivity index (χ4n) is 2.42. The number of nitrogens with one attached hydrogen (secondary N) is 1. The van der Waals surface area contributed by atoms with Gasteiger partial charge >= 0.3 is 0 Å². The molecule has 1 N–H and O–H groups in total. The second-order valence-electron chi connectivity index (χ2n) is 5.49. The Morgan fingerprint density at radius 3 is 2.80 bits per heavy atom. The lowest BCUT2D eigenvalue weighted by Gasteiger charge is -2.33. The van der Waals surface area contributed by atoms with Crippen molar-refractivity contribution in [2.24, 2.45) is 5.92 Å². The molecule has 4 nitrogen and oxygen atoms in total. The first-order valence-electron chi connectivity index (χ1n) is 7.17. The maximum absolute atomic E-state index is 8.47. The first-order chi connectivity index (χ1) is 9.69. The van der Waals surface area contributed by atoms with Crippen LogP contribution in [0.2, 0.25) is 0 Å². The molecule has 2 atom stereocenters. The molecule has 1 fully saturated rings. The molecule has 1 aliphatic heterocycles. The molecule has 108 valence electrons. The molecule has 2 rings (SSSR count). The third-order valence-electron chi connectivity index (χ3n) is 3.59. The van der Waals surface area contributed by atoms with Gasteiger partial charge < -0.3 is 14.8 Å². The molecule has 0 amide bonds. The maximum Gasteiger partial charge on any atom is 0.174 e. The molecule has 1 heterocycles. The monoisotopic (exact) mass is 274 g/mol. The number of ether oxygens (including phenoxy) is 2. The molecule has 0 saturated carbocycles. The minimum Gasteiger partial charge on any atom is -0.479 e. The Labute approximate surface area is 120 Å². The van der Waals surface area contributed by atoms with Gasteiger partial charge in [0.25, 0.3) is 0 Å². The average molecular weight is 274 g/mol. The van der Waals surface area contributed by atoms with E-state index in [1.165, 1.54) is 0 Å². The Bertz CT molecular complexity index is 451. The van der Waals surface area contributed by atoms with E-state index in [2.05, 4.69) is 19.2 Å². The summed E-state index contributed by atoms with van der Waals surface area (Å²) in [4.78, 5) is 0. The summed E-state index contributed by atoms with van der Waals surface area (Å²) in [7, 11) is 0. The van der Waals surface area contributed by atoms with Crippen LogP contribution in [0.4, 0.5) is 5.69 Å². The molecule has 1 saturated heterocycles. The Hall–Kier alpha value is -1.73. The van der Waals surface area contributed by atoms with Gasteiger partial charge in [-0.1, -0.05) is 13.8 Å². The van der Waals surface area contributed by atoms with Crippen LogP contribution < -0.4 is 10.1 Å². The van der Waals surface area contributed by atoms with E-state index in [-0.39, 0.29) is 6.61 Å². The van der Waals surface area contributed by atoms with Crippen LogP contribution in [0, 0.1) is 17.2 Å². The Balaban J connectivity index is 1.88. The van der Waals surface area contributed by atoms with Gasteiger partial charge in [0.2, 0.25) is 0 Å². The van der Waals surface area contributed by atoms with Crippen molar-refractivity contribution < 1.29 is 9.47 Å². The molecule has 0 aliphatic carbocycles. The number of rotatable bonds is 5. The van der Waals surface area contributed by atoms with Crippen LogP contribution in [0.15, 0.2) is 24.3 Å². The highest BCUT2D eigenvalue weighted by Crippen LogP contribution is 2.24. The third-order valence-corrected chi connectivity index (χ3v) is 3.59. The summed E-state index contributed by atoms with van der Waals surface area (Å²) in [6.45, 7) is 5.31. The second kappa shape index (κ2) is 7.16. The summed E-state index contributed by atoms with van der Waals surface area (Å²) in [6.07, 6.45) is 2.43. The third kappa shape index (κ3) is 4.14. The zero-order valence-corrected chi connectivity index (χ0v) is 12.1. The van der Waals surface area contributed by atoms with E-state index < -0.39 is 0 Å². The number of benzene rings is 1. The average Bonchev–Trinajstić information content (AvgIpc) is 2.47. The van der Waals surface area contributed by atoms with Crippen molar-refractivity contribution in [2.45, 2.75) is 38.8 Å². The lowest BCUT2D eigenvalue weighted by atomic mass is 9.95. The number of nitrogens with zero attached hydrogens (tertiary/aromatic N) is 1. The highest BCUT2D eigenvalue weighted by Gasteiger charge is 2.24. The normalized spacial score (nSPS) is 22.3. The summed E-state index contributed by atoms with van der Waals surface area (Å²) in [6, 6.07) is 10.2. The van der Waals surface area contributed by atoms with Gasteiger partial charge in [-0.2, -0.15) is 5.26 Å². The van der Waals surface area contributed by atoms with Crippen LogP contribution in [0.25, 0.3) is 0 Å². The molecule has 1 aliphatic rings. The van der Waals surface area contributed by atoms with Gasteiger partial charge in [-0.15, -0.1) is 0 Å². The van der Waals surface area contributed by atoms with Crippen LogP contribution in [0.3, 0.4) is 0 Å². The number of anilines is 1. The van der Waals surface area contributed by atoms with Gasteiger partial charge in [0.15, 0.2) is 6.61 Å². The van der Waals surface area contributed by atoms with Crippen molar-refractivity contribution in [2.75, 3.05) is 18.5 Å². The first kappa shape index (κ1) is 14.7. The molecule has 1 aromatic carbocycles. The lowest BCUT2D eigenvalue weighted by Crippen LogP contribution is -2.36. The highest BCUT2D eigenvalue weighted by atomic mass is 16.5. The zero-order valence-electron chi connectivity index (χ0n) is 12.1. The molecule has 1 aromatic rings. The van der Waals surface area contributed by atoms with Crippen molar-refractivity contribution in [1.82, 2.24) is 0 Å². The summed E-state index contributed by atoms with van der Waals surface area (Å²) < 4.78 is 11.0. The van der Waals surface area contributed by atoms with Gasteiger partial charge in [-0.3, -0.25) is 0 Å². The quantitative estimate of drug-likeness (QED) is 0.895. The van der Waals surface area contributed by atoms with Gasteiger partial charge in [0.05, 0.1) is 6.10 Å². The molecule has 0 radical (unpaired) electrons. The minimum atomic E-state index is 0.0861. The summed E-state index contributed by atoms with van der Waals surface area (Å²) >= 11 is 0. The largest absolute Gasteiger partial charge is 0.479 e. The van der Waals surface area contributed by atoms with Gasteiger partial charge in [0.1, 0.15) is 11.8 Å². The van der Waals surface area contributed by atoms with Crippen molar-refractivity contribution in [3.8, 4) is 11.8 Å². The molecule has 2 unspecified atom stereocenters. The highest BCUT2D eigenvalue weighted by molar-refractivity contribution is 5.47. The summed E-state index contributed by atoms with van der Waals surface area (Å²) in [5.74, 6) is 1.28. The Morgan fingerprint density at radius 2 is 2.15 bits per heavy atom. The predicted molar refractivity (Wildman–Crippen MR) is 78.8 cm³/mol. The number of hydrogen-bond acceptors (Lipinski definition) is 4. The van der Waals surface area contributed by atoms with Crippen molar-refractivity contribution in [3.63, 3.8) is 0 Å². The second-order valence-corrected chi connectivity index (χ2v) is 5.49. The standard InChI is InChI=1S/C16H22N2O2/c1-12(2)16-11-14(7-9-20-16)18-13-3-5-15(6-4-13)19-10-8-17/h3-6,12,14,16,18H,7,9-11H2,1-2H3. The fraction of sp³-hybridized carbons (Fsp3) is 0.562. The molecular weight excluding hydrogens is 252 g/mol. The van der Waals surface area contributed by atoms with Crippen molar-refractivity contribution in [1.29, 1.82) is 5.26 Å². The molecule has 0 aromatic heterocycles. The summed E-state index contributed by atoms with van der Waals surface area (Å²) in [5.41, 5.74) is 1.09. The maximum atomic E-state index is 8.47. The Kier molecular flexibility index (Phi) is 5.25. The Morgan fingerprint density at radius 1 is 1.40 bits per heavy atom. The zero-order chi connectivity index (χ0) is 14.4. The lowest BCUT2D eigenvalue weighted by molar-refractivity contribution is -0.0160. The molecular formula is C16H22N2O2. The van der Waals surface area contributed by atoms with Crippen molar-refractivity contribution >= 4 is 5.69 Å². The number of hydrogen-bond donors (Lipinski definition) is 1. The molecule has 20 heavy (non-hydrogen) atoms. The molecule has 4 heteroatoms. The van der Waals surface area contributed by atoms with Gasteiger partial charge in [-0.25, -0.2) is 0 Å². The van der Waals surface area contributed by atoms with Gasteiger partial charge in [0, 0.05) is 18.3 Å². The van der Waals surface area contributed by atoms with Crippen LogP contribution >= 0.6 is 0 Å². The van der Waals surface area contributed by atoms with E-state index in [0.29, 0.717) is 18.1 Å². The topological polar surface area (TPSA) is 54.3 Å². The fourth-order valence-corrected chi connectivity index (χ4v) is 2.42. The number of nitriles is 1. The SMILES string of the molecule is CC(C)C1CC(Nc2ccc(OCC#N)cc2)CCO1. The van der Waals surface area contributed by atoms with E-state index in [0.717, 1.165) is 30.9 Å². The minimum absolute atomic E-state index is 0.0861. The first-order valence-corrected chi connectivity index (χ1v) is 7.17. The van der Waals surface area contributed by atoms with E-state index in [4.69, 9.17) is 14.7 Å². The molecule has 0 bridgehead atoms. The van der Waals surface area contributed by atoms with E-state index in [1.54, 1.807) is 0 Å². The molecule has 0 spiro atoms.